The molecule has 5 nitrogen and oxygen atoms in total. The van der Waals surface area contributed by atoms with Gasteiger partial charge in [0, 0.05) is 6.20 Å². The van der Waals surface area contributed by atoms with Gasteiger partial charge in [-0.1, -0.05) is 0 Å². The monoisotopic (exact) mass is 253 g/mol. The first-order chi connectivity index (χ1) is 8.41. The molecule has 2 aromatic heterocycles. The van der Waals surface area contributed by atoms with Gasteiger partial charge in [0.15, 0.2) is 11.5 Å². The number of aromatic nitrogens is 3. The molecule has 0 spiro atoms. The van der Waals surface area contributed by atoms with Crippen molar-refractivity contribution >= 4 is 5.69 Å². The molecular formula is C10H6F3N5. The van der Waals surface area contributed by atoms with Crippen LogP contribution in [0, 0.1) is 11.3 Å². The molecule has 92 valence electrons. The molecular weight excluding hydrogens is 247 g/mol. The van der Waals surface area contributed by atoms with Crippen molar-refractivity contribution in [1.82, 2.24) is 14.8 Å². The van der Waals surface area contributed by atoms with E-state index in [0.29, 0.717) is 0 Å². The number of alkyl halides is 3. The van der Waals surface area contributed by atoms with Crippen LogP contribution in [0.1, 0.15) is 11.3 Å². The lowest BCUT2D eigenvalue weighted by Gasteiger charge is -2.04. The van der Waals surface area contributed by atoms with Crippen LogP contribution >= 0.6 is 0 Å². The number of nitriles is 1. The molecule has 0 saturated carbocycles. The second kappa shape index (κ2) is 4.03. The Morgan fingerprint density at radius 2 is 2.11 bits per heavy atom. The number of nitrogen functional groups attached to an aromatic ring is 1. The molecule has 2 heterocycles. The van der Waals surface area contributed by atoms with Gasteiger partial charge >= 0.3 is 6.18 Å². The van der Waals surface area contributed by atoms with Crippen LogP contribution in [0.15, 0.2) is 24.5 Å². The van der Waals surface area contributed by atoms with Crippen molar-refractivity contribution in [2.45, 2.75) is 6.18 Å². The summed E-state index contributed by atoms with van der Waals surface area (Å²) in [7, 11) is 0. The average Bonchev–Trinajstić information content (AvgIpc) is 2.77. The van der Waals surface area contributed by atoms with Crippen LogP contribution < -0.4 is 5.73 Å². The molecule has 2 aromatic rings. The van der Waals surface area contributed by atoms with Crippen LogP contribution in [-0.4, -0.2) is 14.8 Å². The standard InChI is InChI=1S/C10H6F3N5/c11-10(12,13)8-1-2-18(17-8)9-6(4-14)3-7(15)5-16-9/h1-3,5H,15H2. The van der Waals surface area contributed by atoms with E-state index in [4.69, 9.17) is 11.0 Å². The summed E-state index contributed by atoms with van der Waals surface area (Å²) in [4.78, 5) is 3.80. The lowest BCUT2D eigenvalue weighted by atomic mass is 10.2. The number of nitrogens with zero attached hydrogens (tertiary/aromatic N) is 4. The zero-order valence-corrected chi connectivity index (χ0v) is 8.81. The van der Waals surface area contributed by atoms with Crippen molar-refractivity contribution < 1.29 is 13.2 Å². The summed E-state index contributed by atoms with van der Waals surface area (Å²) in [6.07, 6.45) is -2.21. The van der Waals surface area contributed by atoms with Crippen LogP contribution in [0.2, 0.25) is 0 Å². The molecule has 0 aromatic carbocycles. The van der Waals surface area contributed by atoms with Gasteiger partial charge < -0.3 is 5.73 Å². The van der Waals surface area contributed by atoms with Gasteiger partial charge in [-0.3, -0.25) is 0 Å². The SMILES string of the molecule is N#Cc1cc(N)cnc1-n1ccc(C(F)(F)F)n1. The summed E-state index contributed by atoms with van der Waals surface area (Å²) in [6.45, 7) is 0. The lowest BCUT2D eigenvalue weighted by Crippen LogP contribution is -2.08. The van der Waals surface area contributed by atoms with Gasteiger partial charge in [-0.25, -0.2) is 9.67 Å². The van der Waals surface area contributed by atoms with Crippen molar-refractivity contribution in [1.29, 1.82) is 5.26 Å². The van der Waals surface area contributed by atoms with Crippen molar-refractivity contribution in [2.75, 3.05) is 5.73 Å². The Hall–Kier alpha value is -2.56. The molecule has 0 bridgehead atoms. The summed E-state index contributed by atoms with van der Waals surface area (Å²) in [5.74, 6) is 0.00204. The first kappa shape index (κ1) is 11.9. The van der Waals surface area contributed by atoms with E-state index in [-0.39, 0.29) is 17.1 Å². The number of pyridine rings is 1. The minimum Gasteiger partial charge on any atom is -0.397 e. The fourth-order valence-corrected chi connectivity index (χ4v) is 1.33. The maximum absolute atomic E-state index is 12.4. The third kappa shape index (κ3) is 2.10. The zero-order chi connectivity index (χ0) is 13.3. The Bertz CT molecular complexity index is 623. The van der Waals surface area contributed by atoms with Crippen molar-refractivity contribution in [3.8, 4) is 11.9 Å². The normalized spacial score (nSPS) is 11.2. The molecule has 0 unspecified atom stereocenters. The topological polar surface area (TPSA) is 80.5 Å². The minimum atomic E-state index is -4.54. The fourth-order valence-electron chi connectivity index (χ4n) is 1.33. The Morgan fingerprint density at radius 1 is 1.39 bits per heavy atom. The molecule has 0 atom stereocenters. The van der Waals surface area contributed by atoms with Gasteiger partial charge in [-0.05, 0) is 12.1 Å². The number of nitrogens with two attached hydrogens (primary N) is 1. The van der Waals surface area contributed by atoms with E-state index in [0.717, 1.165) is 16.9 Å². The molecule has 2 N–H and O–H groups in total. The zero-order valence-electron chi connectivity index (χ0n) is 8.81. The number of rotatable bonds is 1. The predicted molar refractivity (Wildman–Crippen MR) is 55.5 cm³/mol. The van der Waals surface area contributed by atoms with E-state index in [9.17, 15) is 13.2 Å². The predicted octanol–water partition coefficient (Wildman–Crippen LogP) is 1.74. The maximum Gasteiger partial charge on any atom is 0.435 e. The summed E-state index contributed by atoms with van der Waals surface area (Å²) in [5, 5.41) is 12.2. The molecule has 8 heteroatoms. The molecule has 0 aliphatic rings. The highest BCUT2D eigenvalue weighted by Crippen LogP contribution is 2.28. The van der Waals surface area contributed by atoms with Crippen LogP contribution in [0.25, 0.3) is 5.82 Å². The van der Waals surface area contributed by atoms with E-state index in [1.165, 1.54) is 12.3 Å². The van der Waals surface area contributed by atoms with Crippen molar-refractivity contribution in [3.63, 3.8) is 0 Å². The van der Waals surface area contributed by atoms with Gasteiger partial charge in [0.1, 0.15) is 6.07 Å². The Morgan fingerprint density at radius 3 is 2.67 bits per heavy atom. The molecule has 0 radical (unpaired) electrons. The van der Waals surface area contributed by atoms with Gasteiger partial charge in [-0.2, -0.15) is 23.5 Å². The maximum atomic E-state index is 12.4. The van der Waals surface area contributed by atoms with E-state index < -0.39 is 11.9 Å². The molecule has 2 rings (SSSR count). The van der Waals surface area contributed by atoms with Gasteiger partial charge in [0.2, 0.25) is 0 Å². The second-order valence-electron chi connectivity index (χ2n) is 3.39. The van der Waals surface area contributed by atoms with E-state index in [1.807, 2.05) is 0 Å². The highest BCUT2D eigenvalue weighted by molar-refractivity contribution is 5.51. The van der Waals surface area contributed by atoms with E-state index in [2.05, 4.69) is 10.1 Å². The minimum absolute atomic E-state index is 0.00204. The lowest BCUT2D eigenvalue weighted by molar-refractivity contribution is -0.141. The second-order valence-corrected chi connectivity index (χ2v) is 3.39. The summed E-state index contributed by atoms with van der Waals surface area (Å²) >= 11 is 0. The number of hydrogen-bond acceptors (Lipinski definition) is 4. The molecule has 18 heavy (non-hydrogen) atoms. The van der Waals surface area contributed by atoms with Crippen molar-refractivity contribution in [2.24, 2.45) is 0 Å². The quantitative estimate of drug-likeness (QED) is 0.839. The number of anilines is 1. The summed E-state index contributed by atoms with van der Waals surface area (Å²) < 4.78 is 38.0. The fraction of sp³-hybridized carbons (Fsp3) is 0.100. The molecule has 0 amide bonds. The van der Waals surface area contributed by atoms with Gasteiger partial charge in [0.05, 0.1) is 17.4 Å². The molecule has 0 aliphatic heterocycles. The van der Waals surface area contributed by atoms with Crippen LogP contribution in [0.5, 0.6) is 0 Å². The molecule has 0 aliphatic carbocycles. The Balaban J connectivity index is 2.50. The summed E-state index contributed by atoms with van der Waals surface area (Å²) in [6, 6.07) is 3.92. The van der Waals surface area contributed by atoms with Gasteiger partial charge in [-0.15, -0.1) is 0 Å². The summed E-state index contributed by atoms with van der Waals surface area (Å²) in [5.41, 5.74) is 4.68. The van der Waals surface area contributed by atoms with Crippen LogP contribution in [0.3, 0.4) is 0 Å². The van der Waals surface area contributed by atoms with Crippen LogP contribution in [0.4, 0.5) is 18.9 Å². The number of hydrogen-bond donors (Lipinski definition) is 1. The third-order valence-electron chi connectivity index (χ3n) is 2.10. The first-order valence-electron chi connectivity index (χ1n) is 4.70. The highest BCUT2D eigenvalue weighted by Gasteiger charge is 2.33. The van der Waals surface area contributed by atoms with Crippen LogP contribution in [-0.2, 0) is 6.18 Å². The third-order valence-corrected chi connectivity index (χ3v) is 2.10. The van der Waals surface area contributed by atoms with E-state index in [1.54, 1.807) is 6.07 Å². The van der Waals surface area contributed by atoms with Gasteiger partial charge in [0.25, 0.3) is 0 Å². The first-order valence-corrected chi connectivity index (χ1v) is 4.70. The molecule has 0 fully saturated rings. The average molecular weight is 253 g/mol. The highest BCUT2D eigenvalue weighted by atomic mass is 19.4. The molecule has 0 saturated heterocycles. The smallest absolute Gasteiger partial charge is 0.397 e. The van der Waals surface area contributed by atoms with Crippen molar-refractivity contribution in [3.05, 3.63) is 35.8 Å². The largest absolute Gasteiger partial charge is 0.435 e. The van der Waals surface area contributed by atoms with E-state index >= 15 is 0 Å². The Kier molecular flexibility index (Phi) is 2.67. The Labute approximate surface area is 99.3 Å². The number of halogens is 3.